The minimum absolute atomic E-state index is 0.0792. The van der Waals surface area contributed by atoms with Crippen LogP contribution in [0.2, 0.25) is 0 Å². The van der Waals surface area contributed by atoms with Gasteiger partial charge in [0, 0.05) is 18.3 Å². The summed E-state index contributed by atoms with van der Waals surface area (Å²) in [6, 6.07) is 5.84. The Hall–Kier alpha value is -1.46. The van der Waals surface area contributed by atoms with Crippen molar-refractivity contribution in [3.63, 3.8) is 0 Å². The van der Waals surface area contributed by atoms with Gasteiger partial charge in [0.25, 0.3) is 0 Å². The van der Waals surface area contributed by atoms with Crippen LogP contribution in [0.25, 0.3) is 0 Å². The molecule has 3 atom stereocenters. The second-order valence-corrected chi connectivity index (χ2v) is 5.22. The molecule has 1 aromatic rings. The highest BCUT2D eigenvalue weighted by atomic mass is 16.5. The monoisotopic (exact) mass is 278 g/mol. The lowest BCUT2D eigenvalue weighted by molar-refractivity contribution is -0.143. The Morgan fingerprint density at radius 2 is 2.35 bits per heavy atom. The minimum Gasteiger partial charge on any atom is -0.481 e. The van der Waals surface area contributed by atoms with Crippen LogP contribution >= 0.6 is 0 Å². The van der Waals surface area contributed by atoms with E-state index in [1.165, 1.54) is 0 Å². The number of aliphatic carboxylic acids is 1. The zero-order valence-electron chi connectivity index (χ0n) is 12.0. The molecule has 0 bridgehead atoms. The fourth-order valence-electron chi connectivity index (χ4n) is 2.80. The number of carboxylic acids is 1. The van der Waals surface area contributed by atoms with Crippen LogP contribution in [0.4, 0.5) is 0 Å². The van der Waals surface area contributed by atoms with Crippen molar-refractivity contribution in [2.24, 2.45) is 5.92 Å². The molecule has 1 aliphatic heterocycles. The second-order valence-electron chi connectivity index (χ2n) is 5.22. The van der Waals surface area contributed by atoms with Crippen LogP contribution in [0.3, 0.4) is 0 Å². The third-order valence-electron chi connectivity index (χ3n) is 3.89. The van der Waals surface area contributed by atoms with Gasteiger partial charge in [0.2, 0.25) is 0 Å². The van der Waals surface area contributed by atoms with Gasteiger partial charge in [0.15, 0.2) is 0 Å². The molecule has 3 unspecified atom stereocenters. The summed E-state index contributed by atoms with van der Waals surface area (Å²) in [6.07, 6.45) is 2.75. The van der Waals surface area contributed by atoms with Crippen LogP contribution in [0.5, 0.6) is 0 Å². The summed E-state index contributed by atoms with van der Waals surface area (Å²) < 4.78 is 5.40. The average Bonchev–Trinajstić information content (AvgIpc) is 2.94. The number of carboxylic acid groups (broad SMARTS) is 1. The molecule has 2 rings (SSSR count). The Balaban J connectivity index is 2.20. The van der Waals surface area contributed by atoms with E-state index < -0.39 is 11.9 Å². The van der Waals surface area contributed by atoms with Crippen molar-refractivity contribution in [2.45, 2.75) is 32.4 Å². The van der Waals surface area contributed by atoms with E-state index in [-0.39, 0.29) is 12.1 Å². The van der Waals surface area contributed by atoms with Gasteiger partial charge in [-0.05, 0) is 32.0 Å². The van der Waals surface area contributed by atoms with Crippen LogP contribution in [-0.4, -0.2) is 46.8 Å². The lowest BCUT2D eigenvalue weighted by atomic mass is 9.99. The number of hydrogen-bond donors (Lipinski definition) is 1. The third kappa shape index (κ3) is 3.16. The molecular weight excluding hydrogens is 256 g/mol. The summed E-state index contributed by atoms with van der Waals surface area (Å²) in [5.41, 5.74) is 0.969. The zero-order chi connectivity index (χ0) is 14.5. The quantitative estimate of drug-likeness (QED) is 0.861. The van der Waals surface area contributed by atoms with Gasteiger partial charge in [-0.15, -0.1) is 0 Å². The van der Waals surface area contributed by atoms with Crippen LogP contribution in [-0.2, 0) is 9.53 Å². The van der Waals surface area contributed by atoms with E-state index in [2.05, 4.69) is 23.7 Å². The standard InChI is InChI=1S/C15H22N2O3/c1-3-8-17(11(2)13-6-4-5-7-16-13)14-10-20-9-12(14)15(18)19/h4-7,11-12,14H,3,8-10H2,1-2H3,(H,18,19). The fourth-order valence-corrected chi connectivity index (χ4v) is 2.80. The van der Waals surface area contributed by atoms with E-state index in [0.717, 1.165) is 18.7 Å². The van der Waals surface area contributed by atoms with Gasteiger partial charge in [0.1, 0.15) is 0 Å². The number of aromatic nitrogens is 1. The first-order valence-corrected chi connectivity index (χ1v) is 7.12. The first-order chi connectivity index (χ1) is 9.65. The largest absolute Gasteiger partial charge is 0.481 e. The number of carbonyl (C=O) groups is 1. The Kier molecular flexibility index (Phi) is 5.09. The zero-order valence-corrected chi connectivity index (χ0v) is 12.0. The predicted octanol–water partition coefficient (Wildman–Crippen LogP) is 1.95. The lowest BCUT2D eigenvalue weighted by Gasteiger charge is -2.35. The first kappa shape index (κ1) is 14.9. The highest BCUT2D eigenvalue weighted by Crippen LogP contribution is 2.28. The SMILES string of the molecule is CCCN(C(C)c1ccccn1)C1COCC1C(=O)O. The number of nitrogens with zero attached hydrogens (tertiary/aromatic N) is 2. The molecule has 1 saturated heterocycles. The van der Waals surface area contributed by atoms with Gasteiger partial charge in [-0.3, -0.25) is 14.7 Å². The molecule has 1 aromatic heterocycles. The van der Waals surface area contributed by atoms with Gasteiger partial charge in [-0.25, -0.2) is 0 Å². The summed E-state index contributed by atoms with van der Waals surface area (Å²) in [5.74, 6) is -1.23. The molecule has 0 saturated carbocycles. The third-order valence-corrected chi connectivity index (χ3v) is 3.89. The molecule has 110 valence electrons. The molecule has 1 N–H and O–H groups in total. The molecule has 5 heteroatoms. The van der Waals surface area contributed by atoms with E-state index in [9.17, 15) is 9.90 Å². The molecule has 0 aliphatic carbocycles. The molecule has 1 fully saturated rings. The summed E-state index contributed by atoms with van der Waals surface area (Å²) >= 11 is 0. The van der Waals surface area contributed by atoms with Gasteiger partial charge in [0.05, 0.1) is 24.8 Å². The molecule has 0 spiro atoms. The molecule has 0 radical (unpaired) electrons. The van der Waals surface area contributed by atoms with Crippen molar-refractivity contribution in [1.29, 1.82) is 0 Å². The Bertz CT molecular complexity index is 438. The van der Waals surface area contributed by atoms with E-state index >= 15 is 0 Å². The smallest absolute Gasteiger partial charge is 0.310 e. The predicted molar refractivity (Wildman–Crippen MR) is 75.4 cm³/mol. The van der Waals surface area contributed by atoms with Gasteiger partial charge in [-0.1, -0.05) is 13.0 Å². The van der Waals surface area contributed by atoms with Crippen molar-refractivity contribution in [3.8, 4) is 0 Å². The maximum absolute atomic E-state index is 11.4. The van der Waals surface area contributed by atoms with Crippen LogP contribution in [0.1, 0.15) is 32.0 Å². The molecule has 5 nitrogen and oxygen atoms in total. The maximum Gasteiger partial charge on any atom is 0.310 e. The molecule has 0 amide bonds. The Labute approximate surface area is 119 Å². The number of pyridine rings is 1. The molecule has 2 heterocycles. The van der Waals surface area contributed by atoms with E-state index in [0.29, 0.717) is 13.2 Å². The minimum atomic E-state index is -0.776. The molecule has 20 heavy (non-hydrogen) atoms. The average molecular weight is 278 g/mol. The van der Waals surface area contributed by atoms with Crippen molar-refractivity contribution < 1.29 is 14.6 Å². The second kappa shape index (κ2) is 6.81. The van der Waals surface area contributed by atoms with Gasteiger partial charge >= 0.3 is 5.97 Å². The highest BCUT2D eigenvalue weighted by molar-refractivity contribution is 5.71. The summed E-state index contributed by atoms with van der Waals surface area (Å²) in [7, 11) is 0. The maximum atomic E-state index is 11.4. The van der Waals surface area contributed by atoms with E-state index in [4.69, 9.17) is 4.74 Å². The molecule has 1 aliphatic rings. The summed E-state index contributed by atoms with van der Waals surface area (Å²) in [6.45, 7) is 5.80. The van der Waals surface area contributed by atoms with Crippen molar-refractivity contribution in [3.05, 3.63) is 30.1 Å². The van der Waals surface area contributed by atoms with E-state index in [1.54, 1.807) is 6.20 Å². The van der Waals surface area contributed by atoms with E-state index in [1.807, 2.05) is 18.2 Å². The van der Waals surface area contributed by atoms with Crippen LogP contribution in [0, 0.1) is 5.92 Å². The Morgan fingerprint density at radius 3 is 2.95 bits per heavy atom. The van der Waals surface area contributed by atoms with Gasteiger partial charge in [-0.2, -0.15) is 0 Å². The fraction of sp³-hybridized carbons (Fsp3) is 0.600. The molecular formula is C15H22N2O3. The van der Waals surface area contributed by atoms with Crippen molar-refractivity contribution >= 4 is 5.97 Å². The highest BCUT2D eigenvalue weighted by Gasteiger charge is 2.39. The first-order valence-electron chi connectivity index (χ1n) is 7.12. The number of hydrogen-bond acceptors (Lipinski definition) is 4. The number of rotatable bonds is 6. The summed E-state index contributed by atoms with van der Waals surface area (Å²) in [4.78, 5) is 18.0. The van der Waals surface area contributed by atoms with Crippen LogP contribution in [0.15, 0.2) is 24.4 Å². The normalized spacial score (nSPS) is 23.9. The van der Waals surface area contributed by atoms with Crippen LogP contribution < -0.4 is 0 Å². The topological polar surface area (TPSA) is 62.7 Å². The number of ether oxygens (including phenoxy) is 1. The van der Waals surface area contributed by atoms with Crippen molar-refractivity contribution in [2.75, 3.05) is 19.8 Å². The molecule has 0 aromatic carbocycles. The lowest BCUT2D eigenvalue weighted by Crippen LogP contribution is -2.45. The van der Waals surface area contributed by atoms with Gasteiger partial charge < -0.3 is 9.84 Å². The van der Waals surface area contributed by atoms with Crippen molar-refractivity contribution in [1.82, 2.24) is 9.88 Å². The Morgan fingerprint density at radius 1 is 1.55 bits per heavy atom. The summed E-state index contributed by atoms with van der Waals surface area (Å²) in [5, 5.41) is 9.33.